The van der Waals surface area contributed by atoms with Gasteiger partial charge in [0.2, 0.25) is 0 Å². The number of aryl methyl sites for hydroxylation is 1. The Hall–Kier alpha value is -1.45. The second kappa shape index (κ2) is 6.54. The number of hydrazone groups is 1. The molecular formula is C12H10Br2N4O2S. The Kier molecular flexibility index (Phi) is 4.96. The van der Waals surface area contributed by atoms with E-state index in [1.54, 1.807) is 19.1 Å². The van der Waals surface area contributed by atoms with Crippen LogP contribution in [-0.4, -0.2) is 22.2 Å². The quantitative estimate of drug-likeness (QED) is 0.511. The molecule has 4 N–H and O–H groups in total. The van der Waals surface area contributed by atoms with Gasteiger partial charge in [0.25, 0.3) is 5.91 Å². The molecule has 1 heterocycles. The van der Waals surface area contributed by atoms with Gasteiger partial charge < -0.3 is 10.8 Å². The summed E-state index contributed by atoms with van der Waals surface area (Å²) in [5.41, 5.74) is 9.22. The van der Waals surface area contributed by atoms with E-state index >= 15 is 0 Å². The number of hydrogen-bond acceptors (Lipinski definition) is 6. The molecule has 0 aliphatic rings. The third-order valence-electron chi connectivity index (χ3n) is 2.44. The van der Waals surface area contributed by atoms with E-state index in [0.29, 0.717) is 30.2 Å². The van der Waals surface area contributed by atoms with E-state index in [-0.39, 0.29) is 11.7 Å². The molecule has 1 amide bonds. The molecule has 0 radical (unpaired) electrons. The Morgan fingerprint density at radius 3 is 2.62 bits per heavy atom. The van der Waals surface area contributed by atoms with Crippen LogP contribution in [0.5, 0.6) is 5.75 Å². The number of nitrogens with two attached hydrogens (primary N) is 1. The SMILES string of the molecule is Cc1nc(N)sc1C(=O)N/N=C\c1cc(Br)c(O)c(Br)c1. The first-order chi connectivity index (χ1) is 9.88. The molecule has 0 bridgehead atoms. The Bertz CT molecular complexity index is 707. The second-order valence-corrected chi connectivity index (χ2v) is 6.74. The molecule has 1 aromatic carbocycles. The van der Waals surface area contributed by atoms with Crippen molar-refractivity contribution < 1.29 is 9.90 Å². The monoisotopic (exact) mass is 432 g/mol. The van der Waals surface area contributed by atoms with E-state index in [1.165, 1.54) is 6.21 Å². The minimum atomic E-state index is -0.366. The lowest BCUT2D eigenvalue weighted by Gasteiger charge is -2.02. The number of halogens is 2. The number of nitrogens with one attached hydrogen (secondary N) is 1. The first kappa shape index (κ1) is 15.9. The maximum Gasteiger partial charge on any atom is 0.283 e. The van der Waals surface area contributed by atoms with Crippen LogP contribution in [0.4, 0.5) is 5.13 Å². The van der Waals surface area contributed by atoms with Crippen molar-refractivity contribution in [2.75, 3.05) is 5.73 Å². The first-order valence-electron chi connectivity index (χ1n) is 5.63. The van der Waals surface area contributed by atoms with Crippen LogP contribution in [0.1, 0.15) is 20.9 Å². The molecule has 0 saturated carbocycles. The minimum absolute atomic E-state index is 0.104. The number of hydrogen-bond donors (Lipinski definition) is 3. The van der Waals surface area contributed by atoms with Gasteiger partial charge in [0, 0.05) is 0 Å². The van der Waals surface area contributed by atoms with E-state index in [2.05, 4.69) is 47.4 Å². The Labute approximate surface area is 141 Å². The maximum atomic E-state index is 11.9. The van der Waals surface area contributed by atoms with Crippen LogP contribution < -0.4 is 11.2 Å². The van der Waals surface area contributed by atoms with Crippen LogP contribution in [0.2, 0.25) is 0 Å². The summed E-state index contributed by atoms with van der Waals surface area (Å²) in [6, 6.07) is 3.34. The summed E-state index contributed by atoms with van der Waals surface area (Å²) in [5, 5.41) is 13.8. The van der Waals surface area contributed by atoms with E-state index in [4.69, 9.17) is 5.73 Å². The minimum Gasteiger partial charge on any atom is -0.506 e. The number of carbonyl (C=O) groups excluding carboxylic acids is 1. The third kappa shape index (κ3) is 3.80. The van der Waals surface area contributed by atoms with E-state index < -0.39 is 0 Å². The summed E-state index contributed by atoms with van der Waals surface area (Å²) < 4.78 is 1.05. The number of aromatic hydroxyl groups is 1. The van der Waals surface area contributed by atoms with Gasteiger partial charge in [-0.15, -0.1) is 0 Å². The number of carbonyl (C=O) groups is 1. The molecule has 0 aliphatic heterocycles. The lowest BCUT2D eigenvalue weighted by Crippen LogP contribution is -2.17. The van der Waals surface area contributed by atoms with Crippen LogP contribution in [-0.2, 0) is 0 Å². The summed E-state index contributed by atoms with van der Waals surface area (Å²) in [7, 11) is 0. The number of anilines is 1. The number of thiazole rings is 1. The highest BCUT2D eigenvalue weighted by Gasteiger charge is 2.13. The highest BCUT2D eigenvalue weighted by molar-refractivity contribution is 9.11. The molecule has 2 aromatic rings. The number of phenols is 1. The molecule has 0 fully saturated rings. The maximum absolute atomic E-state index is 11.9. The highest BCUT2D eigenvalue weighted by Crippen LogP contribution is 2.32. The average Bonchev–Trinajstić information content (AvgIpc) is 2.75. The highest BCUT2D eigenvalue weighted by atomic mass is 79.9. The summed E-state index contributed by atoms with van der Waals surface area (Å²) in [6.45, 7) is 1.71. The number of nitrogen functional groups attached to an aromatic ring is 1. The zero-order valence-corrected chi connectivity index (χ0v) is 14.7. The van der Waals surface area contributed by atoms with Crippen molar-refractivity contribution in [3.63, 3.8) is 0 Å². The molecular weight excluding hydrogens is 424 g/mol. The van der Waals surface area contributed by atoms with E-state index in [1.807, 2.05) is 0 Å². The molecule has 2 rings (SSSR count). The lowest BCUT2D eigenvalue weighted by atomic mass is 10.2. The van der Waals surface area contributed by atoms with Crippen molar-refractivity contribution >= 4 is 60.5 Å². The number of amides is 1. The molecule has 110 valence electrons. The largest absolute Gasteiger partial charge is 0.506 e. The van der Waals surface area contributed by atoms with Crippen molar-refractivity contribution in [2.45, 2.75) is 6.92 Å². The topological polar surface area (TPSA) is 101 Å². The Balaban J connectivity index is 2.09. The normalized spacial score (nSPS) is 11.0. The lowest BCUT2D eigenvalue weighted by molar-refractivity contribution is 0.0958. The summed E-state index contributed by atoms with van der Waals surface area (Å²) >= 11 is 7.54. The van der Waals surface area contributed by atoms with Crippen molar-refractivity contribution in [1.29, 1.82) is 0 Å². The number of phenolic OH excluding ortho intramolecular Hbond substituents is 1. The summed E-state index contributed by atoms with van der Waals surface area (Å²) in [4.78, 5) is 16.3. The van der Waals surface area contributed by atoms with Crippen LogP contribution in [0.15, 0.2) is 26.2 Å². The molecule has 0 unspecified atom stereocenters. The van der Waals surface area contributed by atoms with Crippen molar-refractivity contribution in [1.82, 2.24) is 10.4 Å². The van der Waals surface area contributed by atoms with Gasteiger partial charge in [-0.3, -0.25) is 4.79 Å². The first-order valence-corrected chi connectivity index (χ1v) is 8.03. The van der Waals surface area contributed by atoms with E-state index in [0.717, 1.165) is 11.3 Å². The van der Waals surface area contributed by atoms with Gasteiger partial charge in [-0.05, 0) is 56.5 Å². The van der Waals surface area contributed by atoms with Crippen molar-refractivity contribution in [2.24, 2.45) is 5.10 Å². The number of benzene rings is 1. The zero-order valence-electron chi connectivity index (χ0n) is 10.7. The summed E-state index contributed by atoms with van der Waals surface area (Å²) in [6.07, 6.45) is 1.46. The Morgan fingerprint density at radius 1 is 1.48 bits per heavy atom. The number of rotatable bonds is 3. The predicted molar refractivity (Wildman–Crippen MR) is 89.8 cm³/mol. The molecule has 0 spiro atoms. The molecule has 0 aliphatic carbocycles. The van der Waals surface area contributed by atoms with Crippen molar-refractivity contribution in [3.8, 4) is 5.75 Å². The molecule has 9 heteroatoms. The van der Waals surface area contributed by atoms with Crippen LogP contribution in [0.3, 0.4) is 0 Å². The number of nitrogens with zero attached hydrogens (tertiary/aromatic N) is 2. The average molecular weight is 434 g/mol. The fourth-order valence-electron chi connectivity index (χ4n) is 1.50. The molecule has 0 atom stereocenters. The predicted octanol–water partition coefficient (Wildman–Crippen LogP) is 3.03. The standard InChI is InChI=1S/C12H10Br2N4O2S/c1-5-10(21-12(15)17-5)11(20)18-16-4-6-2-7(13)9(19)8(14)3-6/h2-4,19H,1H3,(H2,15,17)(H,18,20)/b16-4-. The fraction of sp³-hybridized carbons (Fsp3) is 0.0833. The van der Waals surface area contributed by atoms with Gasteiger partial charge in [0.05, 0.1) is 20.9 Å². The van der Waals surface area contributed by atoms with Crippen LogP contribution in [0, 0.1) is 6.92 Å². The zero-order chi connectivity index (χ0) is 15.6. The van der Waals surface area contributed by atoms with Crippen LogP contribution >= 0.6 is 43.2 Å². The van der Waals surface area contributed by atoms with Gasteiger partial charge in [0.1, 0.15) is 10.6 Å². The van der Waals surface area contributed by atoms with Gasteiger partial charge in [-0.25, -0.2) is 10.4 Å². The van der Waals surface area contributed by atoms with Crippen molar-refractivity contribution in [3.05, 3.63) is 37.2 Å². The van der Waals surface area contributed by atoms with Gasteiger partial charge in [-0.1, -0.05) is 11.3 Å². The molecule has 6 nitrogen and oxygen atoms in total. The van der Waals surface area contributed by atoms with Gasteiger partial charge in [0.15, 0.2) is 5.13 Å². The van der Waals surface area contributed by atoms with Gasteiger partial charge >= 0.3 is 0 Å². The third-order valence-corrected chi connectivity index (χ3v) is 4.63. The molecule has 21 heavy (non-hydrogen) atoms. The summed E-state index contributed by atoms with van der Waals surface area (Å²) in [5.74, 6) is -0.262. The second-order valence-electron chi connectivity index (χ2n) is 4.00. The van der Waals surface area contributed by atoms with E-state index in [9.17, 15) is 9.90 Å². The van der Waals surface area contributed by atoms with Crippen LogP contribution in [0.25, 0.3) is 0 Å². The molecule has 0 saturated heterocycles. The molecule has 1 aromatic heterocycles. The Morgan fingerprint density at radius 2 is 2.10 bits per heavy atom. The number of aromatic nitrogens is 1. The van der Waals surface area contributed by atoms with Gasteiger partial charge in [-0.2, -0.15) is 5.10 Å². The smallest absolute Gasteiger partial charge is 0.283 e. The fourth-order valence-corrected chi connectivity index (χ4v) is 3.45.